The number of anilines is 1. The molecule has 0 saturated heterocycles. The van der Waals surface area contributed by atoms with Gasteiger partial charge in [0.2, 0.25) is 0 Å². The summed E-state index contributed by atoms with van der Waals surface area (Å²) in [5.74, 6) is 0.894. The quantitative estimate of drug-likeness (QED) is 0.840. The van der Waals surface area contributed by atoms with E-state index in [1.54, 1.807) is 7.11 Å². The van der Waals surface area contributed by atoms with Gasteiger partial charge in [0.15, 0.2) is 0 Å². The van der Waals surface area contributed by atoms with E-state index >= 15 is 0 Å². The van der Waals surface area contributed by atoms with Gasteiger partial charge in [-0.05, 0) is 49.0 Å². The van der Waals surface area contributed by atoms with Gasteiger partial charge in [-0.3, -0.25) is 0 Å². The Morgan fingerprint density at radius 3 is 2.33 bits per heavy atom. The van der Waals surface area contributed by atoms with Crippen molar-refractivity contribution in [1.29, 1.82) is 0 Å². The molecule has 0 atom stereocenters. The molecule has 0 amide bonds. The third-order valence-corrected chi connectivity index (χ3v) is 3.53. The van der Waals surface area contributed by atoms with Crippen molar-refractivity contribution in [2.24, 2.45) is 0 Å². The lowest BCUT2D eigenvalue weighted by Gasteiger charge is -2.17. The van der Waals surface area contributed by atoms with Crippen LogP contribution in [0, 0.1) is 0 Å². The predicted octanol–water partition coefficient (Wildman–Crippen LogP) is 3.89. The molecule has 0 heterocycles. The highest BCUT2D eigenvalue weighted by atomic mass is 35.5. The van der Waals surface area contributed by atoms with Gasteiger partial charge >= 0.3 is 0 Å². The van der Waals surface area contributed by atoms with Crippen LogP contribution < -0.4 is 10.1 Å². The van der Waals surface area contributed by atoms with Crippen LogP contribution in [0.3, 0.4) is 0 Å². The standard InChI is InChI=1S/C17H21ClN2O/c1-20(13-14-3-9-17(21-2)10-4-14)12-11-19-16-7-5-15(18)6-8-16/h3-10,19H,11-13H2,1-2H3. The fraction of sp³-hybridized carbons (Fsp3) is 0.294. The topological polar surface area (TPSA) is 24.5 Å². The summed E-state index contributed by atoms with van der Waals surface area (Å²) in [5.41, 5.74) is 2.38. The minimum Gasteiger partial charge on any atom is -0.497 e. The molecule has 2 aromatic rings. The Labute approximate surface area is 131 Å². The van der Waals surface area contributed by atoms with Crippen LogP contribution in [0.2, 0.25) is 5.02 Å². The van der Waals surface area contributed by atoms with Crippen LogP contribution >= 0.6 is 11.6 Å². The summed E-state index contributed by atoms with van der Waals surface area (Å²) < 4.78 is 5.16. The van der Waals surface area contributed by atoms with Gasteiger partial charge in [-0.2, -0.15) is 0 Å². The van der Waals surface area contributed by atoms with Gasteiger partial charge in [-0.1, -0.05) is 23.7 Å². The second kappa shape index (κ2) is 7.91. The van der Waals surface area contributed by atoms with Crippen molar-refractivity contribution in [3.8, 4) is 5.75 Å². The zero-order valence-electron chi connectivity index (χ0n) is 12.5. The highest BCUT2D eigenvalue weighted by Gasteiger charge is 2.01. The molecule has 0 fully saturated rings. The maximum atomic E-state index is 5.86. The summed E-state index contributed by atoms with van der Waals surface area (Å²) in [4.78, 5) is 2.28. The van der Waals surface area contributed by atoms with Crippen molar-refractivity contribution in [1.82, 2.24) is 4.90 Å². The van der Waals surface area contributed by atoms with Crippen molar-refractivity contribution < 1.29 is 4.74 Å². The molecule has 0 radical (unpaired) electrons. The first-order chi connectivity index (χ1) is 10.2. The van der Waals surface area contributed by atoms with E-state index in [-0.39, 0.29) is 0 Å². The molecule has 2 rings (SSSR count). The van der Waals surface area contributed by atoms with E-state index in [0.29, 0.717) is 0 Å². The molecule has 0 aromatic heterocycles. The third-order valence-electron chi connectivity index (χ3n) is 3.28. The minimum atomic E-state index is 0.761. The lowest BCUT2D eigenvalue weighted by atomic mass is 10.2. The predicted molar refractivity (Wildman–Crippen MR) is 89.3 cm³/mol. The molecule has 2 aromatic carbocycles. The summed E-state index contributed by atoms with van der Waals surface area (Å²) in [6.45, 7) is 2.79. The fourth-order valence-corrected chi connectivity index (χ4v) is 2.21. The molecule has 0 aliphatic heterocycles. The number of benzene rings is 2. The normalized spacial score (nSPS) is 10.7. The lowest BCUT2D eigenvalue weighted by molar-refractivity contribution is 0.339. The maximum Gasteiger partial charge on any atom is 0.118 e. The number of rotatable bonds is 7. The lowest BCUT2D eigenvalue weighted by Crippen LogP contribution is -2.24. The number of methoxy groups -OCH3 is 1. The number of likely N-dealkylation sites (N-methyl/N-ethyl adjacent to an activating group) is 1. The van der Waals surface area contributed by atoms with Gasteiger partial charge in [0.25, 0.3) is 0 Å². The Bertz CT molecular complexity index is 540. The third kappa shape index (κ3) is 5.29. The van der Waals surface area contributed by atoms with Crippen molar-refractivity contribution in [2.75, 3.05) is 32.6 Å². The van der Waals surface area contributed by atoms with Crippen molar-refractivity contribution in [3.05, 3.63) is 59.1 Å². The average molecular weight is 305 g/mol. The molecule has 0 aliphatic carbocycles. The molecule has 21 heavy (non-hydrogen) atoms. The first-order valence-corrected chi connectivity index (χ1v) is 7.36. The Balaban J connectivity index is 1.73. The first-order valence-electron chi connectivity index (χ1n) is 6.98. The van der Waals surface area contributed by atoms with Crippen LogP contribution in [-0.4, -0.2) is 32.1 Å². The van der Waals surface area contributed by atoms with Gasteiger partial charge in [0.05, 0.1) is 7.11 Å². The fourth-order valence-electron chi connectivity index (χ4n) is 2.08. The summed E-state index contributed by atoms with van der Waals surface area (Å²) in [5, 5.41) is 4.15. The van der Waals surface area contributed by atoms with Crippen LogP contribution in [0.1, 0.15) is 5.56 Å². The van der Waals surface area contributed by atoms with Crippen LogP contribution in [-0.2, 0) is 6.54 Å². The first kappa shape index (κ1) is 15.7. The van der Waals surface area contributed by atoms with Crippen LogP contribution in [0.15, 0.2) is 48.5 Å². The minimum absolute atomic E-state index is 0.761. The Kier molecular flexibility index (Phi) is 5.90. The molecule has 1 N–H and O–H groups in total. The molecule has 112 valence electrons. The number of nitrogens with zero attached hydrogens (tertiary/aromatic N) is 1. The van der Waals surface area contributed by atoms with Gasteiger partial charge in [-0.25, -0.2) is 0 Å². The zero-order chi connectivity index (χ0) is 15.1. The Morgan fingerprint density at radius 2 is 1.71 bits per heavy atom. The molecule has 0 bridgehead atoms. The molecule has 0 saturated carbocycles. The van der Waals surface area contributed by atoms with E-state index in [2.05, 4.69) is 29.4 Å². The van der Waals surface area contributed by atoms with Gasteiger partial charge < -0.3 is 15.0 Å². The highest BCUT2D eigenvalue weighted by Crippen LogP contribution is 2.14. The number of halogens is 1. The van der Waals surface area contributed by atoms with Crippen molar-refractivity contribution in [3.63, 3.8) is 0 Å². The molecule has 0 aliphatic rings. The summed E-state index contributed by atoms with van der Waals surface area (Å²) in [7, 11) is 3.80. The second-order valence-corrected chi connectivity index (χ2v) is 5.46. The largest absolute Gasteiger partial charge is 0.497 e. The van der Waals surface area contributed by atoms with Crippen molar-refractivity contribution >= 4 is 17.3 Å². The number of hydrogen-bond acceptors (Lipinski definition) is 3. The summed E-state index contributed by atoms with van der Waals surface area (Å²) in [6, 6.07) is 16.0. The molecule has 0 unspecified atom stereocenters. The molecule has 4 heteroatoms. The van der Waals surface area contributed by atoms with E-state index in [9.17, 15) is 0 Å². The SMILES string of the molecule is COc1ccc(CN(C)CCNc2ccc(Cl)cc2)cc1. The van der Waals surface area contributed by atoms with Gasteiger partial charge in [0.1, 0.15) is 5.75 Å². The summed E-state index contributed by atoms with van der Waals surface area (Å²) in [6.07, 6.45) is 0. The molecular weight excluding hydrogens is 284 g/mol. The average Bonchev–Trinajstić information content (AvgIpc) is 2.50. The number of nitrogens with one attached hydrogen (secondary N) is 1. The van der Waals surface area contributed by atoms with E-state index in [4.69, 9.17) is 16.3 Å². The zero-order valence-corrected chi connectivity index (χ0v) is 13.2. The van der Waals surface area contributed by atoms with Gasteiger partial charge in [-0.15, -0.1) is 0 Å². The number of ether oxygens (including phenoxy) is 1. The van der Waals surface area contributed by atoms with Crippen LogP contribution in [0.25, 0.3) is 0 Å². The van der Waals surface area contributed by atoms with E-state index in [1.807, 2.05) is 36.4 Å². The summed E-state index contributed by atoms with van der Waals surface area (Å²) >= 11 is 5.86. The number of hydrogen-bond donors (Lipinski definition) is 1. The van der Waals surface area contributed by atoms with E-state index in [1.165, 1.54) is 5.56 Å². The smallest absolute Gasteiger partial charge is 0.118 e. The molecule has 3 nitrogen and oxygen atoms in total. The Morgan fingerprint density at radius 1 is 1.05 bits per heavy atom. The maximum absolute atomic E-state index is 5.86. The molecular formula is C17H21ClN2O. The van der Waals surface area contributed by atoms with Crippen LogP contribution in [0.4, 0.5) is 5.69 Å². The second-order valence-electron chi connectivity index (χ2n) is 5.02. The molecule has 0 spiro atoms. The van der Waals surface area contributed by atoms with Gasteiger partial charge in [0, 0.05) is 30.3 Å². The van der Waals surface area contributed by atoms with Crippen LogP contribution in [0.5, 0.6) is 5.75 Å². The van der Waals surface area contributed by atoms with Crippen molar-refractivity contribution in [2.45, 2.75) is 6.54 Å². The highest BCUT2D eigenvalue weighted by molar-refractivity contribution is 6.30. The Hall–Kier alpha value is -1.71. The van der Waals surface area contributed by atoms with E-state index in [0.717, 1.165) is 36.1 Å². The van der Waals surface area contributed by atoms with E-state index < -0.39 is 0 Å². The monoisotopic (exact) mass is 304 g/mol.